The largest absolute Gasteiger partial charge is 0.445 e. The van der Waals surface area contributed by atoms with Crippen LogP contribution in [0.3, 0.4) is 0 Å². The molecule has 1 atom stereocenters. The van der Waals surface area contributed by atoms with E-state index < -0.39 is 0 Å². The van der Waals surface area contributed by atoms with Crippen LogP contribution in [-0.2, 0) is 11.3 Å². The van der Waals surface area contributed by atoms with Crippen molar-refractivity contribution in [3.8, 4) is 0 Å². The Morgan fingerprint density at radius 2 is 1.86 bits per heavy atom. The number of hydrogen-bond acceptors (Lipinski definition) is 4. The molecule has 0 N–H and O–H groups in total. The predicted octanol–water partition coefficient (Wildman–Crippen LogP) is 4.85. The zero-order chi connectivity index (χ0) is 19.3. The van der Waals surface area contributed by atoms with E-state index in [-0.39, 0.29) is 12.1 Å². The van der Waals surface area contributed by atoms with Gasteiger partial charge in [-0.2, -0.15) is 0 Å². The SMILES string of the molecule is Cc1cc(N2CCCC2)ncc1[C@@H]1CCCCN1C(=O)OCc1ccccc1. The molecule has 4 rings (SSSR count). The van der Waals surface area contributed by atoms with Crippen LogP contribution in [0, 0.1) is 6.92 Å². The van der Waals surface area contributed by atoms with Crippen molar-refractivity contribution >= 4 is 11.9 Å². The number of carbonyl (C=O) groups excluding carboxylic acids is 1. The van der Waals surface area contributed by atoms with Crippen LogP contribution in [0.5, 0.6) is 0 Å². The topological polar surface area (TPSA) is 45.7 Å². The number of nitrogens with zero attached hydrogens (tertiary/aromatic N) is 3. The molecule has 2 aliphatic heterocycles. The van der Waals surface area contributed by atoms with Gasteiger partial charge in [-0.1, -0.05) is 30.3 Å². The van der Waals surface area contributed by atoms with Crippen molar-refractivity contribution in [3.63, 3.8) is 0 Å². The van der Waals surface area contributed by atoms with Crippen molar-refractivity contribution in [2.24, 2.45) is 0 Å². The second kappa shape index (κ2) is 8.63. The van der Waals surface area contributed by atoms with Gasteiger partial charge in [0.1, 0.15) is 12.4 Å². The summed E-state index contributed by atoms with van der Waals surface area (Å²) in [5.41, 5.74) is 3.38. The lowest BCUT2D eigenvalue weighted by Crippen LogP contribution is -2.39. The first-order chi connectivity index (χ1) is 13.7. The lowest BCUT2D eigenvalue weighted by Gasteiger charge is -2.36. The highest BCUT2D eigenvalue weighted by molar-refractivity contribution is 5.68. The summed E-state index contributed by atoms with van der Waals surface area (Å²) in [7, 11) is 0. The summed E-state index contributed by atoms with van der Waals surface area (Å²) in [6.07, 6.45) is 7.35. The number of aryl methyl sites for hydroxylation is 1. The van der Waals surface area contributed by atoms with Gasteiger partial charge in [0.05, 0.1) is 6.04 Å². The summed E-state index contributed by atoms with van der Waals surface area (Å²) in [4.78, 5) is 21.8. The molecule has 28 heavy (non-hydrogen) atoms. The molecule has 2 fully saturated rings. The van der Waals surface area contributed by atoms with E-state index in [1.54, 1.807) is 0 Å². The van der Waals surface area contributed by atoms with Crippen molar-refractivity contribution in [2.75, 3.05) is 24.5 Å². The van der Waals surface area contributed by atoms with Gasteiger partial charge >= 0.3 is 6.09 Å². The number of benzene rings is 1. The van der Waals surface area contributed by atoms with Gasteiger partial charge in [0.25, 0.3) is 0 Å². The molecule has 0 saturated carbocycles. The van der Waals surface area contributed by atoms with Crippen LogP contribution in [-0.4, -0.2) is 35.6 Å². The van der Waals surface area contributed by atoms with E-state index in [9.17, 15) is 4.79 Å². The number of amides is 1. The molecule has 0 aliphatic carbocycles. The fraction of sp³-hybridized carbons (Fsp3) is 0.478. The minimum atomic E-state index is -0.225. The van der Waals surface area contributed by atoms with E-state index in [4.69, 9.17) is 9.72 Å². The smallest absolute Gasteiger partial charge is 0.410 e. The third kappa shape index (κ3) is 4.13. The second-order valence-corrected chi connectivity index (χ2v) is 7.84. The van der Waals surface area contributed by atoms with Crippen molar-refractivity contribution in [1.82, 2.24) is 9.88 Å². The first kappa shape index (κ1) is 18.8. The monoisotopic (exact) mass is 379 g/mol. The predicted molar refractivity (Wildman–Crippen MR) is 110 cm³/mol. The van der Waals surface area contributed by atoms with E-state index in [1.807, 2.05) is 41.4 Å². The third-order valence-electron chi connectivity index (χ3n) is 5.87. The Bertz CT molecular complexity index is 803. The summed E-state index contributed by atoms with van der Waals surface area (Å²) in [6, 6.07) is 12.1. The molecule has 0 unspecified atom stereocenters. The Kier molecular flexibility index (Phi) is 5.79. The fourth-order valence-electron chi connectivity index (χ4n) is 4.30. The number of likely N-dealkylation sites (tertiary alicyclic amines) is 1. The van der Waals surface area contributed by atoms with E-state index in [0.717, 1.165) is 55.8 Å². The number of hydrogen-bond donors (Lipinski definition) is 0. The van der Waals surface area contributed by atoms with Crippen molar-refractivity contribution in [3.05, 3.63) is 59.3 Å². The maximum atomic E-state index is 12.8. The van der Waals surface area contributed by atoms with Crippen molar-refractivity contribution < 1.29 is 9.53 Å². The Hall–Kier alpha value is -2.56. The summed E-state index contributed by atoms with van der Waals surface area (Å²) in [5.74, 6) is 1.06. The zero-order valence-electron chi connectivity index (χ0n) is 16.6. The minimum absolute atomic E-state index is 0.0529. The van der Waals surface area contributed by atoms with Crippen molar-refractivity contribution in [2.45, 2.75) is 51.7 Å². The Morgan fingerprint density at radius 1 is 1.11 bits per heavy atom. The van der Waals surface area contributed by atoms with Crippen LogP contribution in [0.4, 0.5) is 10.6 Å². The lowest BCUT2D eigenvalue weighted by molar-refractivity contribution is 0.0677. The number of piperidine rings is 1. The molecule has 0 spiro atoms. The highest BCUT2D eigenvalue weighted by atomic mass is 16.6. The van der Waals surface area contributed by atoms with Crippen LogP contribution >= 0.6 is 0 Å². The molecular weight excluding hydrogens is 350 g/mol. The Labute approximate surface area is 167 Å². The van der Waals surface area contributed by atoms with Gasteiger partial charge in [-0.15, -0.1) is 0 Å². The molecular formula is C23H29N3O2. The third-order valence-corrected chi connectivity index (χ3v) is 5.87. The van der Waals surface area contributed by atoms with Crippen molar-refractivity contribution in [1.29, 1.82) is 0 Å². The second-order valence-electron chi connectivity index (χ2n) is 7.84. The quantitative estimate of drug-likeness (QED) is 0.761. The number of ether oxygens (including phenoxy) is 1. The van der Waals surface area contributed by atoms with Crippen LogP contribution in [0.25, 0.3) is 0 Å². The normalized spacial score (nSPS) is 19.7. The molecule has 3 heterocycles. The Morgan fingerprint density at radius 3 is 2.61 bits per heavy atom. The molecule has 2 saturated heterocycles. The van der Waals surface area contributed by atoms with Crippen LogP contribution in [0.15, 0.2) is 42.6 Å². The van der Waals surface area contributed by atoms with Gasteiger partial charge in [0.15, 0.2) is 0 Å². The highest BCUT2D eigenvalue weighted by Crippen LogP contribution is 2.34. The number of aromatic nitrogens is 1. The van der Waals surface area contributed by atoms with E-state index in [1.165, 1.54) is 18.4 Å². The summed E-state index contributed by atoms with van der Waals surface area (Å²) in [5, 5.41) is 0. The molecule has 1 aromatic heterocycles. The molecule has 1 amide bonds. The number of pyridine rings is 1. The minimum Gasteiger partial charge on any atom is -0.445 e. The van der Waals surface area contributed by atoms with E-state index in [2.05, 4.69) is 17.9 Å². The van der Waals surface area contributed by atoms with Crippen LogP contribution in [0.1, 0.15) is 54.8 Å². The number of rotatable bonds is 4. The van der Waals surface area contributed by atoms with Gasteiger partial charge in [0.2, 0.25) is 0 Å². The lowest BCUT2D eigenvalue weighted by atomic mass is 9.94. The molecule has 5 heteroatoms. The van der Waals surface area contributed by atoms with Gasteiger partial charge in [0, 0.05) is 25.8 Å². The average molecular weight is 380 g/mol. The zero-order valence-corrected chi connectivity index (χ0v) is 16.6. The average Bonchev–Trinajstić information content (AvgIpc) is 3.28. The van der Waals surface area contributed by atoms with Gasteiger partial charge in [-0.3, -0.25) is 0 Å². The maximum Gasteiger partial charge on any atom is 0.410 e. The molecule has 148 valence electrons. The highest BCUT2D eigenvalue weighted by Gasteiger charge is 2.30. The van der Waals surface area contributed by atoms with E-state index in [0.29, 0.717) is 6.61 Å². The molecule has 0 radical (unpaired) electrons. The molecule has 2 aromatic rings. The van der Waals surface area contributed by atoms with Gasteiger partial charge < -0.3 is 14.5 Å². The number of carbonyl (C=O) groups is 1. The molecule has 2 aliphatic rings. The standard InChI is InChI=1S/C23H29N3O2/c1-18-15-22(25-12-7-8-13-25)24-16-20(18)21-11-5-6-14-26(21)23(27)28-17-19-9-3-2-4-10-19/h2-4,9-10,15-16,21H,5-8,11-14,17H2,1H3/t21-/m0/s1. The fourth-order valence-corrected chi connectivity index (χ4v) is 4.30. The van der Waals surface area contributed by atoms with Crippen LogP contribution in [0.2, 0.25) is 0 Å². The first-order valence-corrected chi connectivity index (χ1v) is 10.4. The molecule has 5 nitrogen and oxygen atoms in total. The summed E-state index contributed by atoms with van der Waals surface area (Å²) in [6.45, 7) is 5.37. The summed E-state index contributed by atoms with van der Waals surface area (Å²) < 4.78 is 5.62. The van der Waals surface area contributed by atoms with E-state index >= 15 is 0 Å². The molecule has 0 bridgehead atoms. The number of anilines is 1. The van der Waals surface area contributed by atoms with Gasteiger partial charge in [-0.25, -0.2) is 9.78 Å². The molecule has 1 aromatic carbocycles. The van der Waals surface area contributed by atoms with Crippen LogP contribution < -0.4 is 4.90 Å². The summed E-state index contributed by atoms with van der Waals surface area (Å²) >= 11 is 0. The van der Waals surface area contributed by atoms with Gasteiger partial charge in [-0.05, 0) is 61.8 Å². The maximum absolute atomic E-state index is 12.8. The Balaban J connectivity index is 1.47. The first-order valence-electron chi connectivity index (χ1n) is 10.4.